The number of ether oxygens (including phenoxy) is 2. The Morgan fingerprint density at radius 1 is 1.27 bits per heavy atom. The molecular weight excluding hydrogens is 354 g/mol. The predicted octanol–water partition coefficient (Wildman–Crippen LogP) is 2.50. The molecule has 0 radical (unpaired) electrons. The molecule has 0 unspecified atom stereocenters. The molecule has 0 aromatic heterocycles. The number of carbonyl (C=O) groups excluding carboxylic acids is 1. The molecule has 0 aliphatic carbocycles. The first-order valence-corrected chi connectivity index (χ1v) is 9.62. The highest BCUT2D eigenvalue weighted by atomic mass is 35.5. The van der Waals surface area contributed by atoms with E-state index < -0.39 is 0 Å². The average molecular weight is 384 g/mol. The standard InChI is InChI=1S/C19H30ClN3O3/c1-4-12-26-18-16(20)13-15(14-17(18)25-3)19(24)21-6-5-7-23-10-8-22(2)9-11-23/h13-14H,4-12H2,1-3H3,(H,21,24). The Labute approximate surface area is 161 Å². The minimum absolute atomic E-state index is 0.148. The number of hydrogen-bond donors (Lipinski definition) is 1. The van der Waals surface area contributed by atoms with Gasteiger partial charge in [0.1, 0.15) is 0 Å². The summed E-state index contributed by atoms with van der Waals surface area (Å²) in [5, 5.41) is 3.35. The fourth-order valence-corrected chi connectivity index (χ4v) is 3.14. The van der Waals surface area contributed by atoms with Crippen molar-refractivity contribution in [3.05, 3.63) is 22.7 Å². The van der Waals surface area contributed by atoms with E-state index in [2.05, 4.69) is 22.2 Å². The van der Waals surface area contributed by atoms with E-state index in [1.807, 2.05) is 6.92 Å². The van der Waals surface area contributed by atoms with Crippen LogP contribution in [0.5, 0.6) is 11.5 Å². The molecule has 1 fully saturated rings. The Balaban J connectivity index is 1.84. The van der Waals surface area contributed by atoms with Crippen molar-refractivity contribution in [3.8, 4) is 11.5 Å². The van der Waals surface area contributed by atoms with Crippen molar-refractivity contribution < 1.29 is 14.3 Å². The lowest BCUT2D eigenvalue weighted by molar-refractivity contribution is 0.0949. The molecule has 6 nitrogen and oxygen atoms in total. The summed E-state index contributed by atoms with van der Waals surface area (Å²) in [5.74, 6) is 0.821. The van der Waals surface area contributed by atoms with E-state index in [4.69, 9.17) is 21.1 Å². The van der Waals surface area contributed by atoms with Crippen molar-refractivity contribution in [3.63, 3.8) is 0 Å². The third-order valence-corrected chi connectivity index (χ3v) is 4.76. The summed E-state index contributed by atoms with van der Waals surface area (Å²) in [7, 11) is 3.69. The number of methoxy groups -OCH3 is 1. The predicted molar refractivity (Wildman–Crippen MR) is 105 cm³/mol. The van der Waals surface area contributed by atoms with E-state index in [1.54, 1.807) is 19.2 Å². The largest absolute Gasteiger partial charge is 0.493 e. The fourth-order valence-electron chi connectivity index (χ4n) is 2.87. The molecule has 1 aliphatic heterocycles. The van der Waals surface area contributed by atoms with Crippen LogP contribution in [-0.2, 0) is 0 Å². The highest BCUT2D eigenvalue weighted by Crippen LogP contribution is 2.36. The van der Waals surface area contributed by atoms with Crippen molar-refractivity contribution in [1.29, 1.82) is 0 Å². The topological polar surface area (TPSA) is 54.0 Å². The van der Waals surface area contributed by atoms with Crippen molar-refractivity contribution in [1.82, 2.24) is 15.1 Å². The molecule has 0 spiro atoms. The van der Waals surface area contributed by atoms with Crippen molar-refractivity contribution in [2.45, 2.75) is 19.8 Å². The van der Waals surface area contributed by atoms with Gasteiger partial charge in [0.2, 0.25) is 0 Å². The first kappa shape index (κ1) is 20.8. The zero-order valence-corrected chi connectivity index (χ0v) is 16.8. The summed E-state index contributed by atoms with van der Waals surface area (Å²) in [5.41, 5.74) is 0.482. The zero-order valence-electron chi connectivity index (χ0n) is 16.0. The number of piperazine rings is 1. The van der Waals surface area contributed by atoms with Gasteiger partial charge in [-0.15, -0.1) is 0 Å². The van der Waals surface area contributed by atoms with Crippen LogP contribution in [0, 0.1) is 0 Å². The summed E-state index contributed by atoms with van der Waals surface area (Å²) in [6.45, 7) is 8.61. The Hall–Kier alpha value is -1.50. The SMILES string of the molecule is CCCOc1c(Cl)cc(C(=O)NCCCN2CCN(C)CC2)cc1OC. The smallest absolute Gasteiger partial charge is 0.251 e. The average Bonchev–Trinajstić information content (AvgIpc) is 2.64. The number of carbonyl (C=O) groups is 1. The Morgan fingerprint density at radius 3 is 2.65 bits per heavy atom. The third kappa shape index (κ3) is 6.04. The molecule has 7 heteroatoms. The molecule has 1 N–H and O–H groups in total. The maximum absolute atomic E-state index is 12.4. The molecule has 1 aromatic carbocycles. The Bertz CT molecular complexity index is 590. The highest BCUT2D eigenvalue weighted by Gasteiger charge is 2.16. The zero-order chi connectivity index (χ0) is 18.9. The first-order valence-electron chi connectivity index (χ1n) is 9.24. The lowest BCUT2D eigenvalue weighted by atomic mass is 10.2. The van der Waals surface area contributed by atoms with Crippen LogP contribution >= 0.6 is 11.6 Å². The number of benzene rings is 1. The number of likely N-dealkylation sites (N-methyl/N-ethyl adjacent to an activating group) is 1. The van der Waals surface area contributed by atoms with Gasteiger partial charge in [-0.1, -0.05) is 18.5 Å². The van der Waals surface area contributed by atoms with Crippen LogP contribution in [0.2, 0.25) is 5.02 Å². The lowest BCUT2D eigenvalue weighted by Crippen LogP contribution is -2.45. The van der Waals surface area contributed by atoms with Gasteiger partial charge < -0.3 is 24.6 Å². The molecule has 2 rings (SSSR count). The summed E-state index contributed by atoms with van der Waals surface area (Å²) in [6.07, 6.45) is 1.80. The highest BCUT2D eigenvalue weighted by molar-refractivity contribution is 6.32. The van der Waals surface area contributed by atoms with E-state index in [1.165, 1.54) is 0 Å². The summed E-state index contributed by atoms with van der Waals surface area (Å²) in [4.78, 5) is 17.2. The van der Waals surface area contributed by atoms with E-state index in [-0.39, 0.29) is 5.91 Å². The minimum atomic E-state index is -0.148. The van der Waals surface area contributed by atoms with Gasteiger partial charge in [0.15, 0.2) is 11.5 Å². The van der Waals surface area contributed by atoms with Crippen LogP contribution in [0.3, 0.4) is 0 Å². The van der Waals surface area contributed by atoms with Crippen LogP contribution in [0.1, 0.15) is 30.1 Å². The molecule has 0 saturated carbocycles. The van der Waals surface area contributed by atoms with Gasteiger partial charge in [0.25, 0.3) is 5.91 Å². The van der Waals surface area contributed by atoms with Crippen LogP contribution in [0.4, 0.5) is 0 Å². The van der Waals surface area contributed by atoms with E-state index >= 15 is 0 Å². The second-order valence-electron chi connectivity index (χ2n) is 6.59. The number of hydrogen-bond acceptors (Lipinski definition) is 5. The number of nitrogens with zero attached hydrogens (tertiary/aromatic N) is 2. The van der Waals surface area contributed by atoms with Gasteiger partial charge in [-0.2, -0.15) is 0 Å². The summed E-state index contributed by atoms with van der Waals surface area (Å²) < 4.78 is 10.9. The van der Waals surface area contributed by atoms with Gasteiger partial charge in [-0.25, -0.2) is 0 Å². The number of halogens is 1. The summed E-state index contributed by atoms with van der Waals surface area (Å²) in [6, 6.07) is 3.30. The molecule has 1 heterocycles. The Kier molecular flexibility index (Phi) is 8.48. The minimum Gasteiger partial charge on any atom is -0.493 e. The monoisotopic (exact) mass is 383 g/mol. The van der Waals surface area contributed by atoms with Crippen molar-refractivity contribution in [2.75, 3.05) is 60.0 Å². The van der Waals surface area contributed by atoms with Gasteiger partial charge in [-0.05, 0) is 38.6 Å². The van der Waals surface area contributed by atoms with Crippen LogP contribution in [0.15, 0.2) is 12.1 Å². The molecule has 1 saturated heterocycles. The van der Waals surface area contributed by atoms with Gasteiger partial charge in [0.05, 0.1) is 18.7 Å². The van der Waals surface area contributed by atoms with Crippen molar-refractivity contribution >= 4 is 17.5 Å². The molecule has 0 atom stereocenters. The number of rotatable bonds is 9. The normalized spacial score (nSPS) is 15.7. The Morgan fingerprint density at radius 2 is 2.00 bits per heavy atom. The fraction of sp³-hybridized carbons (Fsp3) is 0.632. The molecule has 26 heavy (non-hydrogen) atoms. The lowest BCUT2D eigenvalue weighted by Gasteiger charge is -2.32. The van der Waals surface area contributed by atoms with Crippen molar-refractivity contribution in [2.24, 2.45) is 0 Å². The quantitative estimate of drug-likeness (QED) is 0.664. The van der Waals surface area contributed by atoms with Crippen LogP contribution in [0.25, 0.3) is 0 Å². The number of nitrogens with one attached hydrogen (secondary N) is 1. The van der Waals surface area contributed by atoms with Crippen LogP contribution in [-0.4, -0.2) is 75.7 Å². The molecule has 146 valence electrons. The van der Waals surface area contributed by atoms with Crippen LogP contribution < -0.4 is 14.8 Å². The third-order valence-electron chi connectivity index (χ3n) is 4.47. The first-order chi connectivity index (χ1) is 12.5. The summed E-state index contributed by atoms with van der Waals surface area (Å²) >= 11 is 6.27. The maximum Gasteiger partial charge on any atom is 0.251 e. The molecule has 1 amide bonds. The maximum atomic E-state index is 12.4. The molecule has 1 aliphatic rings. The molecule has 1 aromatic rings. The molecular formula is C19H30ClN3O3. The second-order valence-corrected chi connectivity index (χ2v) is 7.00. The molecule has 0 bridgehead atoms. The number of amides is 1. The van der Waals surface area contributed by atoms with Gasteiger partial charge in [0, 0.05) is 38.3 Å². The van der Waals surface area contributed by atoms with E-state index in [0.717, 1.165) is 45.6 Å². The van der Waals surface area contributed by atoms with Gasteiger partial charge >= 0.3 is 0 Å². The van der Waals surface area contributed by atoms with E-state index in [0.29, 0.717) is 35.2 Å². The second kappa shape index (κ2) is 10.6. The van der Waals surface area contributed by atoms with Gasteiger partial charge in [-0.3, -0.25) is 4.79 Å². The van der Waals surface area contributed by atoms with E-state index in [9.17, 15) is 4.79 Å².